The number of ether oxygens (including phenoxy) is 2. The number of amides is 2. The van der Waals surface area contributed by atoms with Gasteiger partial charge in [-0.3, -0.25) is 0 Å². The minimum atomic E-state index is -0.0760. The molecule has 1 aromatic carbocycles. The van der Waals surface area contributed by atoms with Crippen LogP contribution >= 0.6 is 11.3 Å². The van der Waals surface area contributed by atoms with E-state index in [2.05, 4.69) is 16.8 Å². The minimum absolute atomic E-state index is 0.0760. The first-order chi connectivity index (χ1) is 10.7. The Bertz CT molecular complexity index is 643. The Labute approximate surface area is 133 Å². The number of urea groups is 1. The van der Waals surface area contributed by atoms with Gasteiger partial charge >= 0.3 is 6.03 Å². The maximum atomic E-state index is 12.1. The van der Waals surface area contributed by atoms with Crippen LogP contribution in [0.1, 0.15) is 11.1 Å². The van der Waals surface area contributed by atoms with Crippen LogP contribution in [-0.4, -0.2) is 31.3 Å². The van der Waals surface area contributed by atoms with Crippen molar-refractivity contribution < 1.29 is 14.3 Å². The molecule has 0 saturated heterocycles. The third kappa shape index (κ3) is 3.51. The summed E-state index contributed by atoms with van der Waals surface area (Å²) in [5.74, 6) is 1.50. The highest BCUT2D eigenvalue weighted by Gasteiger charge is 2.15. The van der Waals surface area contributed by atoms with Crippen LogP contribution in [0.3, 0.4) is 0 Å². The lowest BCUT2D eigenvalue weighted by molar-refractivity contribution is 0.174. The van der Waals surface area contributed by atoms with Crippen LogP contribution in [0.25, 0.3) is 0 Å². The average molecular weight is 318 g/mol. The highest BCUT2D eigenvalue weighted by molar-refractivity contribution is 7.07. The Hall–Kier alpha value is -2.21. The van der Waals surface area contributed by atoms with Gasteiger partial charge in [0.15, 0.2) is 11.5 Å². The number of nitrogens with zero attached hydrogens (tertiary/aromatic N) is 1. The molecule has 0 aliphatic carbocycles. The van der Waals surface area contributed by atoms with Gasteiger partial charge in [0.25, 0.3) is 0 Å². The average Bonchev–Trinajstić information content (AvgIpc) is 3.17. The number of carbonyl (C=O) groups excluding carboxylic acids is 1. The van der Waals surface area contributed by atoms with E-state index in [0.29, 0.717) is 13.1 Å². The Morgan fingerprint density at radius 1 is 1.27 bits per heavy atom. The van der Waals surface area contributed by atoms with Crippen molar-refractivity contribution >= 4 is 17.4 Å². The molecule has 6 heteroatoms. The van der Waals surface area contributed by atoms with Crippen molar-refractivity contribution in [2.45, 2.75) is 13.0 Å². The molecule has 5 nitrogen and oxygen atoms in total. The molecule has 0 spiro atoms. The first kappa shape index (κ1) is 14.7. The molecule has 22 heavy (non-hydrogen) atoms. The van der Waals surface area contributed by atoms with Gasteiger partial charge in [-0.1, -0.05) is 6.07 Å². The first-order valence-electron chi connectivity index (χ1n) is 7.11. The fraction of sp³-hybridized carbons (Fsp3) is 0.312. The van der Waals surface area contributed by atoms with E-state index < -0.39 is 0 Å². The van der Waals surface area contributed by atoms with Gasteiger partial charge < -0.3 is 19.7 Å². The molecule has 0 radical (unpaired) electrons. The van der Waals surface area contributed by atoms with Crippen molar-refractivity contribution in [3.63, 3.8) is 0 Å². The molecule has 0 fully saturated rings. The van der Waals surface area contributed by atoms with E-state index in [1.807, 2.05) is 23.6 Å². The van der Waals surface area contributed by atoms with Crippen LogP contribution in [0.4, 0.5) is 4.79 Å². The van der Waals surface area contributed by atoms with Crippen molar-refractivity contribution in [3.05, 3.63) is 46.2 Å². The smallest absolute Gasteiger partial charge is 0.317 e. The summed E-state index contributed by atoms with van der Waals surface area (Å²) in [6.45, 7) is 1.43. The number of thiophene rings is 1. The third-order valence-electron chi connectivity index (χ3n) is 3.47. The quantitative estimate of drug-likeness (QED) is 0.922. The van der Waals surface area contributed by atoms with Gasteiger partial charge in [-0.2, -0.15) is 11.3 Å². The van der Waals surface area contributed by atoms with Crippen LogP contribution in [0.5, 0.6) is 11.5 Å². The Morgan fingerprint density at radius 3 is 2.95 bits per heavy atom. The molecule has 1 aromatic heterocycles. The molecule has 0 unspecified atom stereocenters. The lowest BCUT2D eigenvalue weighted by atomic mass is 10.2. The van der Waals surface area contributed by atoms with Gasteiger partial charge in [0.2, 0.25) is 6.79 Å². The van der Waals surface area contributed by atoms with Crippen LogP contribution in [-0.2, 0) is 13.0 Å². The second-order valence-electron chi connectivity index (χ2n) is 5.16. The topological polar surface area (TPSA) is 50.8 Å². The van der Waals surface area contributed by atoms with Crippen molar-refractivity contribution in [1.82, 2.24) is 10.2 Å². The summed E-state index contributed by atoms with van der Waals surface area (Å²) in [5, 5.41) is 7.07. The molecule has 0 atom stereocenters. The van der Waals surface area contributed by atoms with Crippen LogP contribution < -0.4 is 14.8 Å². The Balaban J connectivity index is 1.48. The molecule has 1 aliphatic rings. The maximum absolute atomic E-state index is 12.1. The number of carbonyl (C=O) groups is 1. The second kappa shape index (κ2) is 6.70. The lowest BCUT2D eigenvalue weighted by Gasteiger charge is -2.18. The Kier molecular flexibility index (Phi) is 4.48. The van der Waals surface area contributed by atoms with E-state index in [1.165, 1.54) is 5.56 Å². The third-order valence-corrected chi connectivity index (χ3v) is 4.21. The maximum Gasteiger partial charge on any atom is 0.317 e. The predicted molar refractivity (Wildman–Crippen MR) is 85.5 cm³/mol. The number of benzene rings is 1. The van der Waals surface area contributed by atoms with Gasteiger partial charge in [-0.25, -0.2) is 4.79 Å². The zero-order valence-electron chi connectivity index (χ0n) is 12.4. The van der Waals surface area contributed by atoms with E-state index in [-0.39, 0.29) is 12.8 Å². The molecule has 0 saturated carbocycles. The second-order valence-corrected chi connectivity index (χ2v) is 5.94. The van der Waals surface area contributed by atoms with Crippen molar-refractivity contribution in [2.75, 3.05) is 20.4 Å². The summed E-state index contributed by atoms with van der Waals surface area (Å²) < 4.78 is 10.6. The highest BCUT2D eigenvalue weighted by atomic mass is 32.1. The van der Waals surface area contributed by atoms with Gasteiger partial charge in [0, 0.05) is 20.1 Å². The normalized spacial score (nSPS) is 12.2. The van der Waals surface area contributed by atoms with Crippen molar-refractivity contribution in [2.24, 2.45) is 0 Å². The molecule has 2 amide bonds. The lowest BCUT2D eigenvalue weighted by Crippen LogP contribution is -2.37. The largest absolute Gasteiger partial charge is 0.454 e. The van der Waals surface area contributed by atoms with Crippen LogP contribution in [0.15, 0.2) is 35.0 Å². The zero-order valence-corrected chi connectivity index (χ0v) is 13.2. The summed E-state index contributed by atoms with van der Waals surface area (Å²) in [7, 11) is 1.78. The highest BCUT2D eigenvalue weighted by Crippen LogP contribution is 2.32. The molecule has 2 aromatic rings. The molecular weight excluding hydrogens is 300 g/mol. The van der Waals surface area contributed by atoms with Gasteiger partial charge in [0.05, 0.1) is 0 Å². The number of fused-ring (bicyclic) bond motifs is 1. The van der Waals surface area contributed by atoms with Gasteiger partial charge in [-0.15, -0.1) is 0 Å². The summed E-state index contributed by atoms with van der Waals surface area (Å²) in [6.07, 6.45) is 0.854. The van der Waals surface area contributed by atoms with Crippen LogP contribution in [0, 0.1) is 0 Å². The fourth-order valence-electron chi connectivity index (χ4n) is 2.27. The number of nitrogens with one attached hydrogen (secondary N) is 1. The van der Waals surface area contributed by atoms with E-state index >= 15 is 0 Å². The fourth-order valence-corrected chi connectivity index (χ4v) is 2.97. The zero-order chi connectivity index (χ0) is 15.4. The van der Waals surface area contributed by atoms with Gasteiger partial charge in [0.1, 0.15) is 0 Å². The number of hydrogen-bond acceptors (Lipinski definition) is 4. The SMILES string of the molecule is CN(Cc1ccc2c(c1)OCO2)C(=O)NCCc1ccsc1. The molecule has 0 bridgehead atoms. The number of hydrogen-bond donors (Lipinski definition) is 1. The predicted octanol–water partition coefficient (Wildman–Crippen LogP) is 2.86. The number of rotatable bonds is 5. The molecule has 1 N–H and O–H groups in total. The molecule has 1 aliphatic heterocycles. The molecule has 2 heterocycles. The summed E-state index contributed by atoms with van der Waals surface area (Å²) >= 11 is 1.67. The standard InChI is InChI=1S/C16H18N2O3S/c1-18(16(19)17-6-4-12-5-7-22-10-12)9-13-2-3-14-15(8-13)21-11-20-14/h2-3,5,7-8,10H,4,6,9,11H2,1H3,(H,17,19). The van der Waals surface area contributed by atoms with E-state index in [9.17, 15) is 4.79 Å². The summed E-state index contributed by atoms with van der Waals surface area (Å²) in [6, 6.07) is 7.74. The first-order valence-corrected chi connectivity index (χ1v) is 8.05. The molecule has 116 valence electrons. The monoisotopic (exact) mass is 318 g/mol. The van der Waals surface area contributed by atoms with Crippen molar-refractivity contribution in [1.29, 1.82) is 0 Å². The van der Waals surface area contributed by atoms with E-state index in [0.717, 1.165) is 23.5 Å². The van der Waals surface area contributed by atoms with E-state index in [4.69, 9.17) is 9.47 Å². The summed E-state index contributed by atoms with van der Waals surface area (Å²) in [5.41, 5.74) is 2.27. The van der Waals surface area contributed by atoms with Crippen molar-refractivity contribution in [3.8, 4) is 11.5 Å². The van der Waals surface area contributed by atoms with Gasteiger partial charge in [-0.05, 0) is 46.5 Å². The summed E-state index contributed by atoms with van der Waals surface area (Å²) in [4.78, 5) is 13.7. The van der Waals surface area contributed by atoms with E-state index in [1.54, 1.807) is 23.3 Å². The molecular formula is C16H18N2O3S. The van der Waals surface area contributed by atoms with Crippen LogP contribution in [0.2, 0.25) is 0 Å². The molecule has 3 rings (SSSR count). The Morgan fingerprint density at radius 2 is 2.14 bits per heavy atom. The minimum Gasteiger partial charge on any atom is -0.454 e.